The first kappa shape index (κ1) is 14.4. The van der Waals surface area contributed by atoms with E-state index in [1.807, 2.05) is 0 Å². The molecule has 0 heterocycles. The normalized spacial score (nSPS) is 10.1. The van der Waals surface area contributed by atoms with Gasteiger partial charge in [0.2, 0.25) is 0 Å². The van der Waals surface area contributed by atoms with Crippen LogP contribution in [0, 0.1) is 15.9 Å². The smallest absolute Gasteiger partial charge is 0.339 e. The van der Waals surface area contributed by atoms with E-state index in [0.29, 0.717) is 5.56 Å². The number of aromatic carboxylic acids is 1. The quantitative estimate of drug-likeness (QED) is 0.675. The zero-order chi connectivity index (χ0) is 15.4. The number of carboxylic acid groups (broad SMARTS) is 1. The molecule has 0 spiro atoms. The van der Waals surface area contributed by atoms with Crippen LogP contribution >= 0.6 is 0 Å². The number of halogens is 1. The van der Waals surface area contributed by atoms with Gasteiger partial charge in [-0.15, -0.1) is 0 Å². The second kappa shape index (κ2) is 6.00. The van der Waals surface area contributed by atoms with Crippen LogP contribution in [0.3, 0.4) is 0 Å². The molecular formula is C14H10FNO5. The largest absolute Gasteiger partial charge is 0.488 e. The van der Waals surface area contributed by atoms with Crippen LogP contribution in [0.25, 0.3) is 0 Å². The van der Waals surface area contributed by atoms with Gasteiger partial charge in [-0.1, -0.05) is 12.1 Å². The Kier molecular flexibility index (Phi) is 4.13. The third-order valence-electron chi connectivity index (χ3n) is 2.74. The van der Waals surface area contributed by atoms with Gasteiger partial charge in [-0.25, -0.2) is 9.18 Å². The monoisotopic (exact) mass is 291 g/mol. The summed E-state index contributed by atoms with van der Waals surface area (Å²) in [4.78, 5) is 21.3. The Balaban J connectivity index is 2.25. The van der Waals surface area contributed by atoms with Crippen LogP contribution in [0.15, 0.2) is 42.5 Å². The van der Waals surface area contributed by atoms with Crippen molar-refractivity contribution in [3.63, 3.8) is 0 Å². The van der Waals surface area contributed by atoms with Crippen molar-refractivity contribution in [3.05, 3.63) is 69.5 Å². The SMILES string of the molecule is O=C(O)c1cc(F)ccc1OCc1ccccc1[N+](=O)[O-]. The highest BCUT2D eigenvalue weighted by Gasteiger charge is 2.16. The molecule has 0 saturated carbocycles. The van der Waals surface area contributed by atoms with Crippen LogP contribution in [0.5, 0.6) is 5.75 Å². The average molecular weight is 291 g/mol. The van der Waals surface area contributed by atoms with Gasteiger partial charge in [0.05, 0.1) is 10.5 Å². The van der Waals surface area contributed by atoms with Gasteiger partial charge in [0.15, 0.2) is 0 Å². The fourth-order valence-electron chi connectivity index (χ4n) is 1.76. The van der Waals surface area contributed by atoms with E-state index in [2.05, 4.69) is 0 Å². The van der Waals surface area contributed by atoms with Gasteiger partial charge in [-0.05, 0) is 24.3 Å². The molecule has 0 fully saturated rings. The van der Waals surface area contributed by atoms with Gasteiger partial charge in [0, 0.05) is 6.07 Å². The number of nitro benzene ring substituents is 1. The molecule has 0 aliphatic rings. The molecular weight excluding hydrogens is 281 g/mol. The molecule has 2 rings (SSSR count). The van der Waals surface area contributed by atoms with Crippen molar-refractivity contribution >= 4 is 11.7 Å². The standard InChI is InChI=1S/C14H10FNO5/c15-10-5-6-13(11(7-10)14(17)18)21-8-9-3-1-2-4-12(9)16(19)20/h1-7H,8H2,(H,17,18). The molecule has 0 atom stereocenters. The number of carbonyl (C=O) groups is 1. The molecule has 0 bridgehead atoms. The predicted molar refractivity (Wildman–Crippen MR) is 70.8 cm³/mol. The molecule has 0 aliphatic carbocycles. The van der Waals surface area contributed by atoms with Crippen molar-refractivity contribution < 1.29 is 24.0 Å². The molecule has 7 heteroatoms. The minimum Gasteiger partial charge on any atom is -0.488 e. The molecule has 2 aromatic carbocycles. The summed E-state index contributed by atoms with van der Waals surface area (Å²) in [5.41, 5.74) is -0.173. The fraction of sp³-hybridized carbons (Fsp3) is 0.0714. The second-order valence-electron chi connectivity index (χ2n) is 4.12. The van der Waals surface area contributed by atoms with E-state index in [1.54, 1.807) is 6.07 Å². The summed E-state index contributed by atoms with van der Waals surface area (Å²) >= 11 is 0. The maximum Gasteiger partial charge on any atom is 0.339 e. The highest BCUT2D eigenvalue weighted by Crippen LogP contribution is 2.23. The number of benzene rings is 2. The molecule has 21 heavy (non-hydrogen) atoms. The van der Waals surface area contributed by atoms with Gasteiger partial charge in [0.1, 0.15) is 23.7 Å². The Morgan fingerprint density at radius 3 is 2.67 bits per heavy atom. The van der Waals surface area contributed by atoms with E-state index in [0.717, 1.165) is 12.1 Å². The van der Waals surface area contributed by atoms with Crippen LogP contribution in [0.1, 0.15) is 15.9 Å². The first-order chi connectivity index (χ1) is 9.99. The zero-order valence-electron chi connectivity index (χ0n) is 10.7. The van der Waals surface area contributed by atoms with Gasteiger partial charge in [-0.3, -0.25) is 10.1 Å². The first-order valence-electron chi connectivity index (χ1n) is 5.87. The molecule has 2 aromatic rings. The lowest BCUT2D eigenvalue weighted by Gasteiger charge is -2.09. The maximum absolute atomic E-state index is 13.0. The molecule has 0 aliphatic heterocycles. The van der Waals surface area contributed by atoms with E-state index in [-0.39, 0.29) is 23.6 Å². The van der Waals surface area contributed by atoms with Crippen LogP contribution in [0.2, 0.25) is 0 Å². The minimum absolute atomic E-state index is 0.0537. The molecule has 108 valence electrons. The Labute approximate surface area is 118 Å². The third kappa shape index (κ3) is 3.33. The van der Waals surface area contributed by atoms with E-state index in [4.69, 9.17) is 9.84 Å². The molecule has 1 N–H and O–H groups in total. The zero-order valence-corrected chi connectivity index (χ0v) is 10.7. The van der Waals surface area contributed by atoms with Crippen molar-refractivity contribution in [1.29, 1.82) is 0 Å². The summed E-state index contributed by atoms with van der Waals surface area (Å²) in [5.74, 6) is -2.10. The number of rotatable bonds is 5. The number of para-hydroxylation sites is 1. The van der Waals surface area contributed by atoms with Crippen molar-refractivity contribution in [2.45, 2.75) is 6.61 Å². The highest BCUT2D eigenvalue weighted by molar-refractivity contribution is 5.90. The van der Waals surface area contributed by atoms with E-state index >= 15 is 0 Å². The molecule has 0 radical (unpaired) electrons. The van der Waals surface area contributed by atoms with Crippen LogP contribution in [-0.4, -0.2) is 16.0 Å². The molecule has 0 unspecified atom stereocenters. The number of hydrogen-bond acceptors (Lipinski definition) is 4. The summed E-state index contributed by atoms with van der Waals surface area (Å²) < 4.78 is 18.3. The number of ether oxygens (including phenoxy) is 1. The average Bonchev–Trinajstić information content (AvgIpc) is 2.46. The summed E-state index contributed by atoms with van der Waals surface area (Å²) in [6.45, 7) is -0.191. The topological polar surface area (TPSA) is 89.7 Å². The lowest BCUT2D eigenvalue weighted by molar-refractivity contribution is -0.385. The van der Waals surface area contributed by atoms with Crippen molar-refractivity contribution in [2.24, 2.45) is 0 Å². The summed E-state index contributed by atoms with van der Waals surface area (Å²) in [5, 5.41) is 19.8. The lowest BCUT2D eigenvalue weighted by Crippen LogP contribution is -2.05. The lowest BCUT2D eigenvalue weighted by atomic mass is 10.2. The van der Waals surface area contributed by atoms with Gasteiger partial charge in [0.25, 0.3) is 5.69 Å². The Morgan fingerprint density at radius 1 is 1.29 bits per heavy atom. The maximum atomic E-state index is 13.0. The minimum atomic E-state index is -1.34. The third-order valence-corrected chi connectivity index (χ3v) is 2.74. The van der Waals surface area contributed by atoms with E-state index < -0.39 is 16.7 Å². The number of nitrogens with zero attached hydrogens (tertiary/aromatic N) is 1. The summed E-state index contributed by atoms with van der Waals surface area (Å²) in [6.07, 6.45) is 0. The van der Waals surface area contributed by atoms with Gasteiger partial charge >= 0.3 is 5.97 Å². The van der Waals surface area contributed by atoms with Crippen LogP contribution < -0.4 is 4.74 Å². The van der Waals surface area contributed by atoms with E-state index in [9.17, 15) is 19.3 Å². The number of carboxylic acids is 1. The predicted octanol–water partition coefficient (Wildman–Crippen LogP) is 3.01. The second-order valence-corrected chi connectivity index (χ2v) is 4.12. The van der Waals surface area contributed by atoms with Crippen LogP contribution in [0.4, 0.5) is 10.1 Å². The number of hydrogen-bond donors (Lipinski definition) is 1. The molecule has 6 nitrogen and oxygen atoms in total. The van der Waals surface area contributed by atoms with Crippen molar-refractivity contribution in [3.8, 4) is 5.75 Å². The molecule has 0 aromatic heterocycles. The van der Waals surface area contributed by atoms with Crippen LogP contribution in [-0.2, 0) is 6.61 Å². The summed E-state index contributed by atoms with van der Waals surface area (Å²) in [6, 6.07) is 9.01. The summed E-state index contributed by atoms with van der Waals surface area (Å²) in [7, 11) is 0. The molecule has 0 amide bonds. The van der Waals surface area contributed by atoms with Gasteiger partial charge < -0.3 is 9.84 Å². The fourth-order valence-corrected chi connectivity index (χ4v) is 1.76. The Hall–Kier alpha value is -2.96. The highest BCUT2D eigenvalue weighted by atomic mass is 19.1. The number of nitro groups is 1. The van der Waals surface area contributed by atoms with Crippen molar-refractivity contribution in [1.82, 2.24) is 0 Å². The van der Waals surface area contributed by atoms with Gasteiger partial charge in [-0.2, -0.15) is 0 Å². The first-order valence-corrected chi connectivity index (χ1v) is 5.87. The Bertz CT molecular complexity index is 702. The Morgan fingerprint density at radius 2 is 2.00 bits per heavy atom. The van der Waals surface area contributed by atoms with E-state index in [1.165, 1.54) is 24.3 Å². The molecule has 0 saturated heterocycles. The van der Waals surface area contributed by atoms with Crippen molar-refractivity contribution in [2.75, 3.05) is 0 Å².